The number of hydrogen-bond acceptors (Lipinski definition) is 5. The minimum atomic E-state index is 0.706. The Balaban J connectivity index is 2.11. The fraction of sp³-hybridized carbons (Fsp3) is 0.417. The highest BCUT2D eigenvalue weighted by Crippen LogP contribution is 2.05. The Morgan fingerprint density at radius 2 is 2.28 bits per heavy atom. The quantitative estimate of drug-likeness (QED) is 0.466. The van der Waals surface area contributed by atoms with E-state index < -0.39 is 0 Å². The van der Waals surface area contributed by atoms with Crippen LogP contribution in [-0.2, 0) is 4.74 Å². The topological polar surface area (TPSA) is 41.0 Å². The lowest BCUT2D eigenvalue weighted by Crippen LogP contribution is -2.45. The molecule has 0 radical (unpaired) electrons. The van der Waals surface area contributed by atoms with Crippen molar-refractivity contribution < 1.29 is 4.74 Å². The van der Waals surface area contributed by atoms with Crippen LogP contribution in [0.15, 0.2) is 29.5 Å². The predicted molar refractivity (Wildman–Crippen MR) is 74.3 cm³/mol. The van der Waals surface area contributed by atoms with Crippen LogP contribution in [0.25, 0.3) is 0 Å². The lowest BCUT2D eigenvalue weighted by molar-refractivity contribution is -0.0455. The number of ether oxygens (including phenoxy) is 1. The SMILES string of the molecule is C/C(=N\N(C=S)N1CCOCC1)c1ccccn1. The van der Waals surface area contributed by atoms with E-state index in [0.29, 0.717) is 13.2 Å². The van der Waals surface area contributed by atoms with Crippen molar-refractivity contribution in [2.24, 2.45) is 5.10 Å². The van der Waals surface area contributed by atoms with E-state index in [4.69, 9.17) is 17.0 Å². The van der Waals surface area contributed by atoms with Gasteiger partial charge in [0.2, 0.25) is 0 Å². The predicted octanol–water partition coefficient (Wildman–Crippen LogP) is 1.31. The summed E-state index contributed by atoms with van der Waals surface area (Å²) >= 11 is 5.01. The molecule has 0 N–H and O–H groups in total. The molecule has 1 aromatic heterocycles. The first kappa shape index (κ1) is 13.1. The molecule has 0 bridgehead atoms. The summed E-state index contributed by atoms with van der Waals surface area (Å²) < 4.78 is 5.31. The van der Waals surface area contributed by atoms with Crippen molar-refractivity contribution in [3.63, 3.8) is 0 Å². The Hall–Kier alpha value is -1.37. The van der Waals surface area contributed by atoms with E-state index in [1.165, 1.54) is 5.49 Å². The lowest BCUT2D eigenvalue weighted by atomic mass is 10.3. The Morgan fingerprint density at radius 1 is 1.50 bits per heavy atom. The van der Waals surface area contributed by atoms with E-state index in [0.717, 1.165) is 24.5 Å². The lowest BCUT2D eigenvalue weighted by Gasteiger charge is -2.32. The Kier molecular flexibility index (Phi) is 4.74. The molecule has 2 rings (SSSR count). The summed E-state index contributed by atoms with van der Waals surface area (Å²) in [5.41, 5.74) is 3.23. The minimum absolute atomic E-state index is 0.706. The van der Waals surface area contributed by atoms with Crippen molar-refractivity contribution in [3.05, 3.63) is 30.1 Å². The van der Waals surface area contributed by atoms with Gasteiger partial charge >= 0.3 is 0 Å². The summed E-state index contributed by atoms with van der Waals surface area (Å²) in [4.78, 5) is 4.26. The summed E-state index contributed by atoms with van der Waals surface area (Å²) in [6.45, 7) is 4.93. The average Bonchev–Trinajstić information content (AvgIpc) is 2.46. The number of pyridine rings is 1. The van der Waals surface area contributed by atoms with Gasteiger partial charge in [0.25, 0.3) is 0 Å². The molecule has 0 aliphatic carbocycles. The van der Waals surface area contributed by atoms with Gasteiger partial charge in [-0.2, -0.15) is 15.2 Å². The summed E-state index contributed by atoms with van der Waals surface area (Å²) in [7, 11) is 0. The largest absolute Gasteiger partial charge is 0.379 e. The van der Waals surface area contributed by atoms with Crippen LogP contribution in [0.5, 0.6) is 0 Å². The van der Waals surface area contributed by atoms with Gasteiger partial charge in [-0.1, -0.05) is 18.3 Å². The third-order valence-electron chi connectivity index (χ3n) is 2.66. The van der Waals surface area contributed by atoms with E-state index in [1.807, 2.05) is 25.1 Å². The first-order valence-corrected chi connectivity index (χ1v) is 6.32. The number of hydrazone groups is 1. The first-order chi connectivity index (χ1) is 8.81. The molecule has 96 valence electrons. The highest BCUT2D eigenvalue weighted by Gasteiger charge is 2.15. The fourth-order valence-electron chi connectivity index (χ4n) is 1.69. The molecule has 1 saturated heterocycles. The van der Waals surface area contributed by atoms with Crippen LogP contribution in [0.3, 0.4) is 0 Å². The zero-order chi connectivity index (χ0) is 12.8. The highest BCUT2D eigenvalue weighted by molar-refractivity contribution is 7.78. The molecule has 5 nitrogen and oxygen atoms in total. The number of thiocarbonyl (C=S) groups is 1. The van der Waals surface area contributed by atoms with Crippen molar-refractivity contribution >= 4 is 23.4 Å². The number of nitrogens with zero attached hydrogens (tertiary/aromatic N) is 4. The van der Waals surface area contributed by atoms with Crippen molar-refractivity contribution in [2.75, 3.05) is 26.3 Å². The van der Waals surface area contributed by atoms with Crippen LogP contribution in [0.4, 0.5) is 0 Å². The van der Waals surface area contributed by atoms with Crippen molar-refractivity contribution in [1.29, 1.82) is 0 Å². The van der Waals surface area contributed by atoms with Gasteiger partial charge in [0.05, 0.1) is 24.6 Å². The molecule has 0 aromatic carbocycles. The summed E-state index contributed by atoms with van der Waals surface area (Å²) in [6, 6.07) is 5.76. The van der Waals surface area contributed by atoms with Gasteiger partial charge in [0, 0.05) is 19.3 Å². The van der Waals surface area contributed by atoms with Gasteiger partial charge in [-0.15, -0.1) is 0 Å². The minimum Gasteiger partial charge on any atom is -0.379 e. The van der Waals surface area contributed by atoms with E-state index in [1.54, 1.807) is 11.3 Å². The number of hydrazine groups is 1. The molecular formula is C12H16N4OS. The van der Waals surface area contributed by atoms with Gasteiger partial charge in [-0.25, -0.2) is 0 Å². The molecule has 1 aliphatic heterocycles. The number of hydrogen-bond donors (Lipinski definition) is 0. The standard InChI is InChI=1S/C12H16N4OS/c1-11(12-4-2-3-5-13-12)14-16(10-18)15-6-8-17-9-7-15/h2-5,10H,6-9H2,1H3/b14-11+. The van der Waals surface area contributed by atoms with Crippen LogP contribution >= 0.6 is 12.2 Å². The summed E-state index contributed by atoms with van der Waals surface area (Å²) in [5, 5.41) is 8.24. The zero-order valence-electron chi connectivity index (χ0n) is 10.3. The molecule has 18 heavy (non-hydrogen) atoms. The number of rotatable bonds is 4. The van der Waals surface area contributed by atoms with Gasteiger partial charge in [0.1, 0.15) is 5.49 Å². The molecule has 1 fully saturated rings. The zero-order valence-corrected chi connectivity index (χ0v) is 11.1. The second kappa shape index (κ2) is 6.53. The molecule has 0 saturated carbocycles. The van der Waals surface area contributed by atoms with Crippen molar-refractivity contribution in [2.45, 2.75) is 6.92 Å². The monoisotopic (exact) mass is 264 g/mol. The van der Waals surface area contributed by atoms with Crippen LogP contribution in [0, 0.1) is 0 Å². The Bertz CT molecular complexity index is 417. The first-order valence-electron chi connectivity index (χ1n) is 5.85. The smallest absolute Gasteiger partial charge is 0.105 e. The third-order valence-corrected chi connectivity index (χ3v) is 2.85. The molecule has 0 unspecified atom stereocenters. The van der Waals surface area contributed by atoms with Gasteiger partial charge in [-0.05, 0) is 19.1 Å². The molecule has 1 aromatic rings. The van der Waals surface area contributed by atoms with Gasteiger partial charge in [-0.3, -0.25) is 4.98 Å². The maximum absolute atomic E-state index is 5.31. The summed E-state index contributed by atoms with van der Waals surface area (Å²) in [5.74, 6) is 0. The van der Waals surface area contributed by atoms with Crippen molar-refractivity contribution in [3.8, 4) is 0 Å². The van der Waals surface area contributed by atoms with Gasteiger partial charge in [0.15, 0.2) is 0 Å². The second-order valence-corrected chi connectivity index (χ2v) is 4.10. The number of aromatic nitrogens is 1. The molecule has 1 aliphatic rings. The Labute approximate surface area is 112 Å². The second-order valence-electron chi connectivity index (χ2n) is 3.89. The number of morpholine rings is 1. The van der Waals surface area contributed by atoms with Gasteiger partial charge < -0.3 is 4.74 Å². The van der Waals surface area contributed by atoms with Crippen LogP contribution < -0.4 is 0 Å². The highest BCUT2D eigenvalue weighted by atomic mass is 32.1. The summed E-state index contributed by atoms with van der Waals surface area (Å²) in [6.07, 6.45) is 1.75. The normalized spacial score (nSPS) is 17.5. The molecule has 0 amide bonds. The van der Waals surface area contributed by atoms with Crippen LogP contribution in [0.1, 0.15) is 12.6 Å². The molecule has 0 spiro atoms. The van der Waals surface area contributed by atoms with E-state index >= 15 is 0 Å². The molecule has 6 heteroatoms. The average molecular weight is 264 g/mol. The molecular weight excluding hydrogens is 248 g/mol. The fourth-order valence-corrected chi connectivity index (χ4v) is 1.87. The molecule has 2 heterocycles. The molecule has 0 atom stereocenters. The Morgan fingerprint density at radius 3 is 2.89 bits per heavy atom. The maximum Gasteiger partial charge on any atom is 0.105 e. The van der Waals surface area contributed by atoms with E-state index in [2.05, 4.69) is 15.1 Å². The van der Waals surface area contributed by atoms with E-state index in [-0.39, 0.29) is 0 Å². The van der Waals surface area contributed by atoms with Crippen LogP contribution in [0.2, 0.25) is 0 Å². The maximum atomic E-state index is 5.31. The van der Waals surface area contributed by atoms with Crippen LogP contribution in [-0.4, -0.2) is 52.6 Å². The van der Waals surface area contributed by atoms with Crippen molar-refractivity contribution in [1.82, 2.24) is 15.1 Å². The third kappa shape index (κ3) is 3.32. The van der Waals surface area contributed by atoms with E-state index in [9.17, 15) is 0 Å².